The molecule has 2 aromatic heterocycles. The molecule has 6 amide bonds. The number of piperazine rings is 1. The van der Waals surface area contributed by atoms with E-state index in [-0.39, 0.29) is 47.5 Å². The number of piperidine rings is 1. The average Bonchev–Trinajstić information content (AvgIpc) is 3.92. The summed E-state index contributed by atoms with van der Waals surface area (Å²) in [4.78, 5) is 88.9. The van der Waals surface area contributed by atoms with Gasteiger partial charge in [-0.15, -0.1) is 10.2 Å². The fourth-order valence-electron chi connectivity index (χ4n) is 9.14. The first-order valence-electron chi connectivity index (χ1n) is 25.8. The van der Waals surface area contributed by atoms with Gasteiger partial charge in [-0.3, -0.25) is 39.0 Å². The Hall–Kier alpha value is -7.69. The Bertz CT molecular complexity index is 2840. The lowest BCUT2D eigenvalue weighted by molar-refractivity contribution is -0.136. The average molecular weight is 1050 g/mol. The summed E-state index contributed by atoms with van der Waals surface area (Å²) >= 11 is 0. The molecular weight excluding hydrogens is 982 g/mol. The van der Waals surface area contributed by atoms with Gasteiger partial charge in [-0.1, -0.05) is 24.6 Å². The van der Waals surface area contributed by atoms with E-state index in [9.17, 15) is 28.8 Å². The van der Waals surface area contributed by atoms with Gasteiger partial charge in [-0.05, 0) is 93.1 Å². The zero-order valence-electron chi connectivity index (χ0n) is 42.8. The molecule has 0 saturated carbocycles. The molecule has 21 nitrogen and oxygen atoms in total. The predicted molar refractivity (Wildman–Crippen MR) is 276 cm³/mol. The normalized spacial score (nSPS) is 15.9. The van der Waals surface area contributed by atoms with E-state index in [4.69, 9.17) is 18.9 Å². The Morgan fingerprint density at radius 2 is 1.51 bits per heavy atom. The highest BCUT2D eigenvalue weighted by molar-refractivity contribution is 6.23. The van der Waals surface area contributed by atoms with Crippen molar-refractivity contribution in [1.82, 2.24) is 45.2 Å². The summed E-state index contributed by atoms with van der Waals surface area (Å²) in [6, 6.07) is 17.9. The number of nitrogens with zero attached hydrogens (tertiary/aromatic N) is 8. The molecular formula is C54H64FN11O10. The molecule has 3 aliphatic rings. The van der Waals surface area contributed by atoms with Crippen LogP contribution in [0.3, 0.4) is 0 Å². The molecule has 0 aliphatic carbocycles. The number of halogens is 1. The Morgan fingerprint density at radius 3 is 2.25 bits per heavy atom. The monoisotopic (exact) mass is 1050 g/mol. The van der Waals surface area contributed by atoms with Crippen LogP contribution in [0.4, 0.5) is 15.8 Å². The Balaban J connectivity index is 0.611. The summed E-state index contributed by atoms with van der Waals surface area (Å²) in [6.07, 6.45) is 7.83. The molecule has 3 N–H and O–H groups in total. The quantitative estimate of drug-likeness (QED) is 0.0461. The van der Waals surface area contributed by atoms with Crippen LogP contribution in [0, 0.1) is 5.82 Å². The molecule has 0 radical (unpaired) electrons. The van der Waals surface area contributed by atoms with Crippen molar-refractivity contribution in [2.45, 2.75) is 76.9 Å². The van der Waals surface area contributed by atoms with Gasteiger partial charge in [0.15, 0.2) is 11.6 Å². The highest BCUT2D eigenvalue weighted by atomic mass is 19.1. The first-order valence-corrected chi connectivity index (χ1v) is 25.8. The van der Waals surface area contributed by atoms with Crippen LogP contribution in [0.2, 0.25) is 0 Å². The van der Waals surface area contributed by atoms with Gasteiger partial charge in [0.1, 0.15) is 29.6 Å². The largest absolute Gasteiger partial charge is 0.494 e. The number of benzene rings is 3. The third kappa shape index (κ3) is 14.2. The number of imide groups is 2. The molecule has 2 fully saturated rings. The second kappa shape index (κ2) is 26.7. The minimum atomic E-state index is -1.14. The first-order chi connectivity index (χ1) is 36.9. The Kier molecular flexibility index (Phi) is 19.2. The zero-order chi connectivity index (χ0) is 53.4. The number of amides is 6. The molecule has 3 aromatic carbocycles. The molecule has 2 atom stereocenters. The summed E-state index contributed by atoms with van der Waals surface area (Å²) < 4.78 is 40.2. The second-order valence-corrected chi connectivity index (χ2v) is 18.7. The number of carbonyl (C=O) groups excluding carboxylic acids is 6. The van der Waals surface area contributed by atoms with Gasteiger partial charge >= 0.3 is 0 Å². The van der Waals surface area contributed by atoms with Gasteiger partial charge in [-0.2, -0.15) is 0 Å². The van der Waals surface area contributed by atoms with Crippen LogP contribution in [0.5, 0.6) is 5.75 Å². The summed E-state index contributed by atoms with van der Waals surface area (Å²) in [5.41, 5.74) is 2.95. The number of rotatable bonds is 27. The molecule has 2 saturated heterocycles. The molecule has 5 heterocycles. The lowest BCUT2D eigenvalue weighted by Crippen LogP contribution is -2.54. The van der Waals surface area contributed by atoms with Gasteiger partial charge in [0.05, 0.1) is 62.4 Å². The van der Waals surface area contributed by atoms with E-state index in [2.05, 4.69) is 36.1 Å². The minimum absolute atomic E-state index is 0.00360. The van der Waals surface area contributed by atoms with Crippen molar-refractivity contribution in [1.29, 1.82) is 0 Å². The second-order valence-electron chi connectivity index (χ2n) is 18.7. The maximum absolute atomic E-state index is 15.3. The molecule has 0 spiro atoms. The van der Waals surface area contributed by atoms with Crippen molar-refractivity contribution >= 4 is 46.8 Å². The zero-order valence-corrected chi connectivity index (χ0v) is 42.8. The number of ether oxygens (including phenoxy) is 4. The number of hydrogen-bond donors (Lipinski definition) is 3. The summed E-state index contributed by atoms with van der Waals surface area (Å²) in [5.74, 6) is -1.47. The number of fused-ring (bicyclic) bond motifs is 1. The topological polar surface area (TPSA) is 242 Å². The number of nitrogens with one attached hydrogen (secondary N) is 3. The van der Waals surface area contributed by atoms with Crippen LogP contribution in [0.1, 0.15) is 107 Å². The molecule has 402 valence electrons. The van der Waals surface area contributed by atoms with E-state index < -0.39 is 35.5 Å². The van der Waals surface area contributed by atoms with Gasteiger partial charge in [0.25, 0.3) is 17.7 Å². The van der Waals surface area contributed by atoms with Crippen molar-refractivity contribution in [2.75, 3.05) is 82.6 Å². The highest BCUT2D eigenvalue weighted by Gasteiger charge is 2.45. The van der Waals surface area contributed by atoms with Gasteiger partial charge < -0.3 is 43.9 Å². The number of anilines is 2. The third-order valence-electron chi connectivity index (χ3n) is 13.4. The number of hydrogen-bond acceptors (Lipinski definition) is 16. The lowest BCUT2D eigenvalue weighted by Gasteiger charge is -2.36. The van der Waals surface area contributed by atoms with Crippen molar-refractivity contribution in [3.05, 3.63) is 113 Å². The Labute approximate surface area is 439 Å². The van der Waals surface area contributed by atoms with Crippen LogP contribution < -0.4 is 25.6 Å². The van der Waals surface area contributed by atoms with Crippen molar-refractivity contribution in [3.8, 4) is 17.3 Å². The summed E-state index contributed by atoms with van der Waals surface area (Å²) in [7, 11) is 1.88. The number of unbranched alkanes of at least 4 members (excludes halogenated alkanes) is 3. The van der Waals surface area contributed by atoms with Crippen LogP contribution >= 0.6 is 0 Å². The summed E-state index contributed by atoms with van der Waals surface area (Å²) in [5, 5.41) is 17.1. The molecule has 3 aliphatic heterocycles. The predicted octanol–water partition coefficient (Wildman–Crippen LogP) is 5.03. The van der Waals surface area contributed by atoms with Crippen LogP contribution in [0.15, 0.2) is 79.3 Å². The van der Waals surface area contributed by atoms with Crippen molar-refractivity contribution in [3.63, 3.8) is 0 Å². The van der Waals surface area contributed by atoms with Crippen molar-refractivity contribution in [2.24, 2.45) is 7.05 Å². The standard InChI is InChI=1S/C54H64FN11O10/c1-36(59-51(69)38-11-7-12-39(30-38)57-34-47-61-62-50(63(47)2)44-17-18-56-35-58-44)37-10-8-13-40(31-37)76-25-6-4-3-5-23-73-26-28-75-29-27-74-24-9-14-49(68)65-21-19-64(20-22-65)46-33-42-41(32-43(46)55)53(71)66(54(42)72)45-15-16-48(67)60-52(45)70/h7-8,10-13,17-18,30-33,35-36,45,57H,3-6,9,14-16,19-29,34H2,1-2H3,(H,59,69)(H,60,67,70)/t36-,45?/m1/s1. The third-order valence-corrected chi connectivity index (χ3v) is 13.4. The van der Waals surface area contributed by atoms with Crippen LogP contribution in [-0.2, 0) is 42.2 Å². The van der Waals surface area contributed by atoms with Crippen molar-refractivity contribution < 1.29 is 52.1 Å². The first kappa shape index (κ1) is 54.6. The van der Waals surface area contributed by atoms with E-state index in [1.165, 1.54) is 12.4 Å². The lowest BCUT2D eigenvalue weighted by atomic mass is 10.0. The number of aromatic nitrogens is 5. The molecule has 0 bridgehead atoms. The van der Waals surface area contributed by atoms with E-state index in [1.54, 1.807) is 28.1 Å². The maximum atomic E-state index is 15.3. The van der Waals surface area contributed by atoms with E-state index in [1.807, 2.05) is 61.0 Å². The molecule has 22 heteroatoms. The van der Waals surface area contributed by atoms with E-state index in [0.29, 0.717) is 115 Å². The molecule has 5 aromatic rings. The highest BCUT2D eigenvalue weighted by Crippen LogP contribution is 2.33. The summed E-state index contributed by atoms with van der Waals surface area (Å²) in [6.45, 7) is 7.13. The van der Waals surface area contributed by atoms with Gasteiger partial charge in [0, 0.05) is 76.7 Å². The minimum Gasteiger partial charge on any atom is -0.494 e. The number of carbonyl (C=O) groups is 6. The smallest absolute Gasteiger partial charge is 0.262 e. The van der Waals surface area contributed by atoms with E-state index in [0.717, 1.165) is 53.6 Å². The molecule has 8 rings (SSSR count). The maximum Gasteiger partial charge on any atom is 0.262 e. The van der Waals surface area contributed by atoms with Crippen LogP contribution in [-0.4, -0.2) is 148 Å². The molecule has 76 heavy (non-hydrogen) atoms. The fourth-order valence-corrected chi connectivity index (χ4v) is 9.14. The SMILES string of the molecule is C[C@@H](NC(=O)c1cccc(NCc2nnc(-c3ccncn3)n2C)c1)c1cccc(OCCCCCCOCCOCCOCCCC(=O)N2CCN(c3cc4c(cc3F)C(=O)N(C3CCC(=O)NC3=O)C4=O)CC2)c1. The molecule has 1 unspecified atom stereocenters. The van der Waals surface area contributed by atoms with Crippen LogP contribution in [0.25, 0.3) is 11.5 Å². The van der Waals surface area contributed by atoms with E-state index >= 15 is 4.39 Å². The Morgan fingerprint density at radius 1 is 0.803 bits per heavy atom. The van der Waals surface area contributed by atoms with Gasteiger partial charge in [-0.25, -0.2) is 14.4 Å². The van der Waals surface area contributed by atoms with Gasteiger partial charge in [0.2, 0.25) is 17.7 Å². The fraction of sp³-hybridized carbons (Fsp3) is 0.444.